The lowest BCUT2D eigenvalue weighted by Gasteiger charge is -1.99. The Hall–Kier alpha value is -0.200. The highest BCUT2D eigenvalue weighted by atomic mass is 16.5. The quantitative estimate of drug-likeness (QED) is 0.551. The van der Waals surface area contributed by atoms with Crippen LogP contribution < -0.4 is 0 Å². The SMILES string of the molecule is CCOCCOCC.CCOCCOCC.O. The van der Waals surface area contributed by atoms with Gasteiger partial charge in [0.15, 0.2) is 0 Å². The summed E-state index contributed by atoms with van der Waals surface area (Å²) < 4.78 is 20.0. The molecular formula is C12H30O5. The molecule has 5 nitrogen and oxygen atoms in total. The monoisotopic (exact) mass is 254 g/mol. The largest absolute Gasteiger partial charge is 0.412 e. The molecule has 0 atom stereocenters. The fraction of sp³-hybridized carbons (Fsp3) is 1.00. The molecule has 2 N–H and O–H groups in total. The third kappa shape index (κ3) is 31.3. The van der Waals surface area contributed by atoms with Gasteiger partial charge in [-0.15, -0.1) is 0 Å². The van der Waals surface area contributed by atoms with Gasteiger partial charge in [0.1, 0.15) is 0 Å². The molecule has 0 rings (SSSR count). The average molecular weight is 254 g/mol. The van der Waals surface area contributed by atoms with E-state index in [0.717, 1.165) is 52.9 Å². The van der Waals surface area contributed by atoms with E-state index in [2.05, 4.69) is 0 Å². The van der Waals surface area contributed by atoms with Crippen molar-refractivity contribution in [2.24, 2.45) is 0 Å². The summed E-state index contributed by atoms with van der Waals surface area (Å²) in [5, 5.41) is 0. The van der Waals surface area contributed by atoms with Crippen LogP contribution in [0.4, 0.5) is 0 Å². The van der Waals surface area contributed by atoms with Crippen LogP contribution in [0, 0.1) is 0 Å². The summed E-state index contributed by atoms with van der Waals surface area (Å²) in [5.41, 5.74) is 0. The summed E-state index contributed by atoms with van der Waals surface area (Å²) in [4.78, 5) is 0. The van der Waals surface area contributed by atoms with Crippen molar-refractivity contribution in [1.82, 2.24) is 0 Å². The predicted octanol–water partition coefficient (Wildman–Crippen LogP) is 1.29. The van der Waals surface area contributed by atoms with E-state index in [1.165, 1.54) is 0 Å². The molecule has 108 valence electrons. The maximum absolute atomic E-state index is 5.01. The molecule has 17 heavy (non-hydrogen) atoms. The molecule has 0 unspecified atom stereocenters. The zero-order chi connectivity index (χ0) is 12.5. The molecule has 0 aliphatic carbocycles. The standard InChI is InChI=1S/2C6H14O2.H2O/c2*1-3-7-5-6-8-4-2;/h2*3-6H2,1-2H3;1H2. The molecule has 0 aliphatic heterocycles. The minimum absolute atomic E-state index is 0. The average Bonchev–Trinajstić information content (AvgIpc) is 2.31. The molecule has 0 fully saturated rings. The first-order valence-corrected chi connectivity index (χ1v) is 6.14. The van der Waals surface area contributed by atoms with E-state index in [4.69, 9.17) is 18.9 Å². The summed E-state index contributed by atoms with van der Waals surface area (Å²) in [5.74, 6) is 0. The molecule has 0 radical (unpaired) electrons. The summed E-state index contributed by atoms with van der Waals surface area (Å²) in [7, 11) is 0. The van der Waals surface area contributed by atoms with Gasteiger partial charge >= 0.3 is 0 Å². The molecule has 0 spiro atoms. The Morgan fingerprint density at radius 2 is 0.647 bits per heavy atom. The molecular weight excluding hydrogens is 224 g/mol. The van der Waals surface area contributed by atoms with Crippen molar-refractivity contribution in [1.29, 1.82) is 0 Å². The topological polar surface area (TPSA) is 68.4 Å². The van der Waals surface area contributed by atoms with Gasteiger partial charge in [0, 0.05) is 26.4 Å². The normalized spacial score (nSPS) is 9.18. The lowest BCUT2D eigenvalue weighted by Crippen LogP contribution is -2.02. The van der Waals surface area contributed by atoms with Gasteiger partial charge in [0.2, 0.25) is 0 Å². The van der Waals surface area contributed by atoms with Crippen molar-refractivity contribution in [3.05, 3.63) is 0 Å². The van der Waals surface area contributed by atoms with Gasteiger partial charge < -0.3 is 24.4 Å². The van der Waals surface area contributed by atoms with E-state index >= 15 is 0 Å². The molecule has 0 aliphatic rings. The highest BCUT2D eigenvalue weighted by Crippen LogP contribution is 1.76. The molecule has 0 heterocycles. The molecule has 0 saturated carbocycles. The zero-order valence-electron chi connectivity index (χ0n) is 11.8. The van der Waals surface area contributed by atoms with Crippen LogP contribution in [0.15, 0.2) is 0 Å². The second-order valence-corrected chi connectivity index (χ2v) is 2.79. The van der Waals surface area contributed by atoms with Crippen molar-refractivity contribution >= 4 is 0 Å². The predicted molar refractivity (Wildman–Crippen MR) is 69.6 cm³/mol. The first-order valence-electron chi connectivity index (χ1n) is 6.14. The Bertz CT molecular complexity index is 76.9. The van der Waals surface area contributed by atoms with Crippen molar-refractivity contribution < 1.29 is 24.4 Å². The van der Waals surface area contributed by atoms with E-state index in [9.17, 15) is 0 Å². The minimum Gasteiger partial charge on any atom is -0.412 e. The van der Waals surface area contributed by atoms with Crippen LogP contribution in [0.5, 0.6) is 0 Å². The molecule has 0 aromatic carbocycles. The van der Waals surface area contributed by atoms with Gasteiger partial charge in [-0.2, -0.15) is 0 Å². The molecule has 0 saturated heterocycles. The van der Waals surface area contributed by atoms with Crippen LogP contribution in [0.1, 0.15) is 27.7 Å². The van der Waals surface area contributed by atoms with Crippen LogP contribution in [-0.2, 0) is 18.9 Å². The first-order chi connectivity index (χ1) is 7.83. The van der Waals surface area contributed by atoms with E-state index in [1.54, 1.807) is 0 Å². The highest BCUT2D eigenvalue weighted by molar-refractivity contribution is 4.25. The third-order valence-electron chi connectivity index (χ3n) is 1.56. The fourth-order valence-electron chi connectivity index (χ4n) is 0.813. The summed E-state index contributed by atoms with van der Waals surface area (Å²) >= 11 is 0. The fourth-order valence-corrected chi connectivity index (χ4v) is 0.813. The number of rotatable bonds is 10. The lowest BCUT2D eigenvalue weighted by molar-refractivity contribution is 0.0584. The lowest BCUT2D eigenvalue weighted by atomic mass is 10.7. The molecule has 0 bridgehead atoms. The molecule has 0 amide bonds. The Balaban J connectivity index is -0.000000218. The number of ether oxygens (including phenoxy) is 4. The maximum atomic E-state index is 5.01. The van der Waals surface area contributed by atoms with E-state index in [0.29, 0.717) is 0 Å². The van der Waals surface area contributed by atoms with Gasteiger partial charge in [-0.3, -0.25) is 0 Å². The Morgan fingerprint density at radius 3 is 0.765 bits per heavy atom. The minimum atomic E-state index is 0. The highest BCUT2D eigenvalue weighted by Gasteiger charge is 1.82. The zero-order valence-corrected chi connectivity index (χ0v) is 11.8. The van der Waals surface area contributed by atoms with Gasteiger partial charge in [-0.05, 0) is 27.7 Å². The van der Waals surface area contributed by atoms with E-state index in [-0.39, 0.29) is 5.48 Å². The second-order valence-electron chi connectivity index (χ2n) is 2.79. The molecule has 0 aromatic rings. The summed E-state index contributed by atoms with van der Waals surface area (Å²) in [6, 6.07) is 0. The maximum Gasteiger partial charge on any atom is 0.0700 e. The van der Waals surface area contributed by atoms with Crippen molar-refractivity contribution in [3.8, 4) is 0 Å². The molecule has 0 aromatic heterocycles. The summed E-state index contributed by atoms with van der Waals surface area (Å²) in [6.07, 6.45) is 0. The van der Waals surface area contributed by atoms with Crippen LogP contribution in [0.25, 0.3) is 0 Å². The number of hydrogen-bond acceptors (Lipinski definition) is 4. The van der Waals surface area contributed by atoms with Gasteiger partial charge in [0.25, 0.3) is 0 Å². The number of hydrogen-bond donors (Lipinski definition) is 0. The third-order valence-corrected chi connectivity index (χ3v) is 1.56. The van der Waals surface area contributed by atoms with Gasteiger partial charge in [0.05, 0.1) is 26.4 Å². The Morgan fingerprint density at radius 1 is 0.471 bits per heavy atom. The van der Waals surface area contributed by atoms with Gasteiger partial charge in [-0.25, -0.2) is 0 Å². The van der Waals surface area contributed by atoms with Crippen LogP contribution in [0.3, 0.4) is 0 Å². The Labute approximate surface area is 106 Å². The van der Waals surface area contributed by atoms with Crippen LogP contribution in [0.2, 0.25) is 0 Å². The van der Waals surface area contributed by atoms with Crippen molar-refractivity contribution in [3.63, 3.8) is 0 Å². The van der Waals surface area contributed by atoms with E-state index < -0.39 is 0 Å². The van der Waals surface area contributed by atoms with Crippen molar-refractivity contribution in [2.75, 3.05) is 52.9 Å². The first kappa shape index (κ1) is 22.0. The molecule has 5 heteroatoms. The Kier molecular flexibility index (Phi) is 32.2. The summed E-state index contributed by atoms with van der Waals surface area (Å²) in [6.45, 7) is 14.0. The van der Waals surface area contributed by atoms with Crippen molar-refractivity contribution in [2.45, 2.75) is 27.7 Å². The van der Waals surface area contributed by atoms with Crippen LogP contribution >= 0.6 is 0 Å². The van der Waals surface area contributed by atoms with Crippen LogP contribution in [-0.4, -0.2) is 58.3 Å². The smallest absolute Gasteiger partial charge is 0.0700 e. The van der Waals surface area contributed by atoms with E-state index in [1.807, 2.05) is 27.7 Å². The second kappa shape index (κ2) is 24.9. The van der Waals surface area contributed by atoms with Gasteiger partial charge in [-0.1, -0.05) is 0 Å².